The summed E-state index contributed by atoms with van der Waals surface area (Å²) in [6.07, 6.45) is 2.91. The third kappa shape index (κ3) is 1.28. The summed E-state index contributed by atoms with van der Waals surface area (Å²) >= 11 is 0. The number of nitrogens with two attached hydrogens (primary N) is 1. The van der Waals surface area contributed by atoms with Crippen LogP contribution in [0.25, 0.3) is 5.82 Å². The monoisotopic (exact) mass is 177 g/mol. The molecule has 0 saturated heterocycles. The fourth-order valence-corrected chi connectivity index (χ4v) is 1.00. The quantitative estimate of drug-likeness (QED) is 0.616. The van der Waals surface area contributed by atoms with Gasteiger partial charge >= 0.3 is 0 Å². The Balaban J connectivity index is 2.59. The summed E-state index contributed by atoms with van der Waals surface area (Å²) < 4.78 is 1.25. The molecule has 66 valence electrons. The van der Waals surface area contributed by atoms with Gasteiger partial charge in [0.1, 0.15) is 12.1 Å². The second-order valence-electron chi connectivity index (χ2n) is 2.45. The highest BCUT2D eigenvalue weighted by Gasteiger charge is 2.02. The maximum absolute atomic E-state index is 11.2. The average Bonchev–Trinajstić information content (AvgIpc) is 2.47. The number of anilines is 1. The van der Waals surface area contributed by atoms with Gasteiger partial charge < -0.3 is 5.73 Å². The van der Waals surface area contributed by atoms with E-state index in [4.69, 9.17) is 5.73 Å². The molecular weight excluding hydrogens is 170 g/mol. The van der Waals surface area contributed by atoms with Crippen LogP contribution >= 0.6 is 0 Å². The number of nitrogen functional groups attached to an aromatic ring is 1. The van der Waals surface area contributed by atoms with E-state index < -0.39 is 0 Å². The van der Waals surface area contributed by atoms with Crippen LogP contribution in [0.4, 0.5) is 5.82 Å². The zero-order valence-corrected chi connectivity index (χ0v) is 6.64. The van der Waals surface area contributed by atoms with E-state index in [9.17, 15) is 4.79 Å². The zero-order chi connectivity index (χ0) is 9.26. The molecule has 0 atom stereocenters. The number of hydrogen-bond acceptors (Lipinski definition) is 4. The molecule has 0 spiro atoms. The van der Waals surface area contributed by atoms with Crippen molar-refractivity contribution in [1.82, 2.24) is 19.7 Å². The lowest BCUT2D eigenvalue weighted by Gasteiger charge is -1.97. The van der Waals surface area contributed by atoms with Crippen LogP contribution in [0.15, 0.2) is 29.5 Å². The molecule has 0 aliphatic heterocycles. The topological polar surface area (TPSA) is 89.6 Å². The van der Waals surface area contributed by atoms with E-state index in [0.29, 0.717) is 11.6 Å². The van der Waals surface area contributed by atoms with Crippen LogP contribution in [0.5, 0.6) is 0 Å². The summed E-state index contributed by atoms with van der Waals surface area (Å²) in [5.41, 5.74) is 5.16. The van der Waals surface area contributed by atoms with E-state index in [1.165, 1.54) is 17.1 Å². The van der Waals surface area contributed by atoms with Crippen LogP contribution in [0.1, 0.15) is 0 Å². The SMILES string of the molecule is Nc1cc(=O)n(-c2ccncn2)[nH]1. The van der Waals surface area contributed by atoms with E-state index >= 15 is 0 Å². The summed E-state index contributed by atoms with van der Waals surface area (Å²) in [6, 6.07) is 2.90. The average molecular weight is 177 g/mol. The van der Waals surface area contributed by atoms with Gasteiger partial charge in [-0.05, 0) is 0 Å². The van der Waals surface area contributed by atoms with Gasteiger partial charge in [-0.15, -0.1) is 0 Å². The number of aromatic amines is 1. The second kappa shape index (κ2) is 2.74. The third-order valence-electron chi connectivity index (χ3n) is 1.54. The standard InChI is InChI=1S/C7H7N5O/c8-5-3-7(13)12(11-5)6-1-2-9-4-10-6/h1-4,11H,8H2. The number of aromatic nitrogens is 4. The smallest absolute Gasteiger partial charge is 0.274 e. The Morgan fingerprint density at radius 2 is 2.38 bits per heavy atom. The Bertz CT molecular complexity index is 457. The molecule has 0 saturated carbocycles. The molecule has 2 aromatic rings. The Morgan fingerprint density at radius 3 is 2.92 bits per heavy atom. The zero-order valence-electron chi connectivity index (χ0n) is 6.64. The van der Waals surface area contributed by atoms with Crippen molar-refractivity contribution >= 4 is 5.82 Å². The fraction of sp³-hybridized carbons (Fsp3) is 0. The van der Waals surface area contributed by atoms with Crippen molar-refractivity contribution in [1.29, 1.82) is 0 Å². The first kappa shape index (κ1) is 7.53. The highest BCUT2D eigenvalue weighted by Crippen LogP contribution is 1.97. The highest BCUT2D eigenvalue weighted by molar-refractivity contribution is 5.28. The minimum absolute atomic E-state index is 0.240. The summed E-state index contributed by atoms with van der Waals surface area (Å²) in [5.74, 6) is 0.778. The predicted octanol–water partition coefficient (Wildman–Crippen LogP) is -0.462. The molecule has 0 bridgehead atoms. The molecule has 0 unspecified atom stereocenters. The minimum atomic E-state index is -0.240. The summed E-state index contributed by atoms with van der Waals surface area (Å²) in [7, 11) is 0. The van der Waals surface area contributed by atoms with E-state index in [0.717, 1.165) is 0 Å². The first-order valence-electron chi connectivity index (χ1n) is 3.61. The van der Waals surface area contributed by atoms with Gasteiger partial charge in [-0.2, -0.15) is 4.68 Å². The van der Waals surface area contributed by atoms with Gasteiger partial charge in [-0.25, -0.2) is 9.97 Å². The van der Waals surface area contributed by atoms with Gasteiger partial charge in [0, 0.05) is 18.3 Å². The second-order valence-corrected chi connectivity index (χ2v) is 2.45. The van der Waals surface area contributed by atoms with E-state index in [1.807, 2.05) is 0 Å². The molecule has 2 aromatic heterocycles. The predicted molar refractivity (Wildman–Crippen MR) is 46.4 cm³/mol. The van der Waals surface area contributed by atoms with Gasteiger partial charge in [0.25, 0.3) is 5.56 Å². The molecule has 2 rings (SSSR count). The van der Waals surface area contributed by atoms with Gasteiger partial charge in [0.2, 0.25) is 0 Å². The molecule has 6 heteroatoms. The Hall–Kier alpha value is -2.11. The van der Waals surface area contributed by atoms with Crippen molar-refractivity contribution in [3.05, 3.63) is 35.0 Å². The molecule has 0 aliphatic carbocycles. The lowest BCUT2D eigenvalue weighted by atomic mass is 10.6. The maximum Gasteiger partial charge on any atom is 0.274 e. The Labute approximate surface area is 73.0 Å². The molecule has 13 heavy (non-hydrogen) atoms. The van der Waals surface area contributed by atoms with Crippen molar-refractivity contribution in [2.75, 3.05) is 5.73 Å². The molecule has 0 amide bonds. The van der Waals surface area contributed by atoms with Crippen molar-refractivity contribution in [3.8, 4) is 5.82 Å². The Kier molecular flexibility index (Phi) is 1.59. The van der Waals surface area contributed by atoms with Crippen LogP contribution in [0, 0.1) is 0 Å². The molecular formula is C7H7N5O. The number of nitrogens with one attached hydrogen (secondary N) is 1. The number of rotatable bonds is 1. The third-order valence-corrected chi connectivity index (χ3v) is 1.54. The molecule has 2 heterocycles. The Morgan fingerprint density at radius 1 is 1.54 bits per heavy atom. The van der Waals surface area contributed by atoms with Crippen molar-refractivity contribution in [2.24, 2.45) is 0 Å². The molecule has 0 fully saturated rings. The van der Waals surface area contributed by atoms with Crippen LogP contribution in [0.2, 0.25) is 0 Å². The van der Waals surface area contributed by atoms with Gasteiger partial charge in [0.05, 0.1) is 0 Å². The molecule has 3 N–H and O–H groups in total. The number of nitrogens with zero attached hydrogens (tertiary/aromatic N) is 3. The summed E-state index contributed by atoms with van der Waals surface area (Å²) in [5, 5.41) is 2.65. The van der Waals surface area contributed by atoms with Crippen molar-refractivity contribution < 1.29 is 0 Å². The maximum atomic E-state index is 11.2. The minimum Gasteiger partial charge on any atom is -0.384 e. The molecule has 0 radical (unpaired) electrons. The number of H-pyrrole nitrogens is 1. The van der Waals surface area contributed by atoms with Crippen LogP contribution < -0.4 is 11.3 Å². The van der Waals surface area contributed by atoms with Gasteiger partial charge in [-0.3, -0.25) is 9.89 Å². The lowest BCUT2D eigenvalue weighted by Crippen LogP contribution is -2.14. The molecule has 0 aliphatic rings. The number of hydrogen-bond donors (Lipinski definition) is 2. The summed E-state index contributed by atoms with van der Waals surface area (Å²) in [4.78, 5) is 18.9. The van der Waals surface area contributed by atoms with Gasteiger partial charge in [0.15, 0.2) is 5.82 Å². The van der Waals surface area contributed by atoms with Crippen LogP contribution in [-0.2, 0) is 0 Å². The van der Waals surface area contributed by atoms with E-state index in [-0.39, 0.29) is 5.56 Å². The first-order chi connectivity index (χ1) is 6.27. The van der Waals surface area contributed by atoms with Crippen LogP contribution in [-0.4, -0.2) is 19.7 Å². The van der Waals surface area contributed by atoms with Crippen molar-refractivity contribution in [3.63, 3.8) is 0 Å². The van der Waals surface area contributed by atoms with Crippen molar-refractivity contribution in [2.45, 2.75) is 0 Å². The fourth-order valence-electron chi connectivity index (χ4n) is 1.00. The van der Waals surface area contributed by atoms with Gasteiger partial charge in [-0.1, -0.05) is 0 Å². The largest absolute Gasteiger partial charge is 0.384 e. The summed E-state index contributed by atoms with van der Waals surface area (Å²) in [6.45, 7) is 0. The van der Waals surface area contributed by atoms with Crippen LogP contribution in [0.3, 0.4) is 0 Å². The van der Waals surface area contributed by atoms with E-state index in [1.54, 1.807) is 12.3 Å². The lowest BCUT2D eigenvalue weighted by molar-refractivity contribution is 0.816. The normalized spacial score (nSPS) is 10.2. The first-order valence-corrected chi connectivity index (χ1v) is 3.61. The molecule has 0 aromatic carbocycles. The molecule has 6 nitrogen and oxygen atoms in total. The highest BCUT2D eigenvalue weighted by atomic mass is 16.1. The van der Waals surface area contributed by atoms with E-state index in [2.05, 4.69) is 15.1 Å².